The number of rotatable bonds is 3. The number of H-pyrrole nitrogens is 1. The lowest BCUT2D eigenvalue weighted by Crippen LogP contribution is -2.35. The first-order chi connectivity index (χ1) is 8.00. The zero-order valence-electron chi connectivity index (χ0n) is 9.90. The maximum Gasteiger partial charge on any atom is 0.321 e. The summed E-state index contributed by atoms with van der Waals surface area (Å²) in [6.45, 7) is 3.85. The number of aromatic nitrogens is 1. The number of carboxylic acid groups (broad SMARTS) is 1. The standard InChI is InChI=1S/C13H16N2O2/c1-7-3-4-9-10(6-15-11(9)5-7)8(2)12(14)13(16)17/h3-6,8,12,15H,14H2,1-2H3,(H,16,17)/t8?,12-/m0/s1. The van der Waals surface area contributed by atoms with Crippen LogP contribution in [0.2, 0.25) is 0 Å². The minimum Gasteiger partial charge on any atom is -0.480 e. The molecule has 0 bridgehead atoms. The fraction of sp³-hybridized carbons (Fsp3) is 0.308. The minimum atomic E-state index is -0.973. The van der Waals surface area contributed by atoms with Crippen LogP contribution in [0.15, 0.2) is 24.4 Å². The number of fused-ring (bicyclic) bond motifs is 1. The third kappa shape index (κ3) is 2.03. The van der Waals surface area contributed by atoms with Gasteiger partial charge in [0, 0.05) is 23.0 Å². The van der Waals surface area contributed by atoms with Gasteiger partial charge in [-0.1, -0.05) is 19.1 Å². The van der Waals surface area contributed by atoms with Crippen LogP contribution in [-0.4, -0.2) is 22.1 Å². The van der Waals surface area contributed by atoms with Crippen LogP contribution in [0.1, 0.15) is 24.0 Å². The van der Waals surface area contributed by atoms with Gasteiger partial charge in [-0.25, -0.2) is 0 Å². The molecule has 4 nitrogen and oxygen atoms in total. The van der Waals surface area contributed by atoms with Gasteiger partial charge in [-0.05, 0) is 24.1 Å². The zero-order chi connectivity index (χ0) is 12.6. The second-order valence-electron chi connectivity index (χ2n) is 4.45. The Labute approximate surface area is 99.4 Å². The maximum atomic E-state index is 10.9. The highest BCUT2D eigenvalue weighted by Crippen LogP contribution is 2.27. The van der Waals surface area contributed by atoms with Crippen LogP contribution in [0.3, 0.4) is 0 Å². The van der Waals surface area contributed by atoms with Crippen molar-refractivity contribution in [3.8, 4) is 0 Å². The van der Waals surface area contributed by atoms with Crippen molar-refractivity contribution >= 4 is 16.9 Å². The summed E-state index contributed by atoms with van der Waals surface area (Å²) in [4.78, 5) is 14.0. The molecule has 0 aliphatic carbocycles. The van der Waals surface area contributed by atoms with E-state index in [2.05, 4.69) is 4.98 Å². The molecular formula is C13H16N2O2. The van der Waals surface area contributed by atoms with E-state index in [1.807, 2.05) is 38.2 Å². The van der Waals surface area contributed by atoms with E-state index in [1.54, 1.807) is 0 Å². The second-order valence-corrected chi connectivity index (χ2v) is 4.45. The van der Waals surface area contributed by atoms with E-state index in [0.29, 0.717) is 0 Å². The van der Waals surface area contributed by atoms with Gasteiger partial charge in [-0.3, -0.25) is 4.79 Å². The SMILES string of the molecule is Cc1ccc2c(C(C)[C@H](N)C(=O)O)c[nH]c2c1. The number of benzene rings is 1. The van der Waals surface area contributed by atoms with Crippen molar-refractivity contribution in [3.63, 3.8) is 0 Å². The average Bonchev–Trinajstić information content (AvgIpc) is 2.69. The molecule has 2 aromatic rings. The summed E-state index contributed by atoms with van der Waals surface area (Å²) in [5, 5.41) is 9.97. The molecule has 4 N–H and O–H groups in total. The Balaban J connectivity index is 2.46. The lowest BCUT2D eigenvalue weighted by atomic mass is 9.93. The molecule has 0 radical (unpaired) electrons. The van der Waals surface area contributed by atoms with Gasteiger partial charge in [-0.2, -0.15) is 0 Å². The Kier molecular flexibility index (Phi) is 2.90. The van der Waals surface area contributed by atoms with Gasteiger partial charge in [0.2, 0.25) is 0 Å². The predicted octanol–water partition coefficient (Wildman–Crippen LogP) is 1.99. The molecule has 90 valence electrons. The Bertz CT molecular complexity index is 560. The number of aryl methyl sites for hydroxylation is 1. The minimum absolute atomic E-state index is 0.219. The van der Waals surface area contributed by atoms with Gasteiger partial charge in [-0.15, -0.1) is 0 Å². The summed E-state index contributed by atoms with van der Waals surface area (Å²) in [5.41, 5.74) is 8.80. The molecule has 0 spiro atoms. The van der Waals surface area contributed by atoms with E-state index in [9.17, 15) is 4.79 Å². The quantitative estimate of drug-likeness (QED) is 0.757. The molecule has 2 atom stereocenters. The molecule has 1 unspecified atom stereocenters. The summed E-state index contributed by atoms with van der Waals surface area (Å²) in [7, 11) is 0. The topological polar surface area (TPSA) is 79.1 Å². The molecule has 1 heterocycles. The summed E-state index contributed by atoms with van der Waals surface area (Å²) in [6.07, 6.45) is 1.84. The van der Waals surface area contributed by atoms with E-state index in [1.165, 1.54) is 5.56 Å². The first kappa shape index (κ1) is 11.7. The molecule has 17 heavy (non-hydrogen) atoms. The fourth-order valence-electron chi connectivity index (χ4n) is 2.05. The number of nitrogens with two attached hydrogens (primary N) is 1. The van der Waals surface area contributed by atoms with Crippen LogP contribution in [0.5, 0.6) is 0 Å². The Morgan fingerprint density at radius 1 is 1.47 bits per heavy atom. The zero-order valence-corrected chi connectivity index (χ0v) is 9.90. The van der Waals surface area contributed by atoms with Gasteiger partial charge in [0.1, 0.15) is 6.04 Å². The molecule has 0 aliphatic rings. The van der Waals surface area contributed by atoms with Crippen LogP contribution < -0.4 is 5.73 Å². The smallest absolute Gasteiger partial charge is 0.321 e. The van der Waals surface area contributed by atoms with E-state index in [0.717, 1.165) is 16.5 Å². The molecule has 0 saturated carbocycles. The van der Waals surface area contributed by atoms with Gasteiger partial charge in [0.05, 0.1) is 0 Å². The summed E-state index contributed by atoms with van der Waals surface area (Å²) < 4.78 is 0. The van der Waals surface area contributed by atoms with Crippen molar-refractivity contribution in [1.82, 2.24) is 4.98 Å². The molecule has 0 saturated heterocycles. The van der Waals surface area contributed by atoms with E-state index in [4.69, 9.17) is 10.8 Å². The van der Waals surface area contributed by atoms with Crippen molar-refractivity contribution in [1.29, 1.82) is 0 Å². The van der Waals surface area contributed by atoms with E-state index in [-0.39, 0.29) is 5.92 Å². The lowest BCUT2D eigenvalue weighted by molar-refractivity contribution is -0.138. The summed E-state index contributed by atoms with van der Waals surface area (Å²) in [6, 6.07) is 5.17. The third-order valence-corrected chi connectivity index (χ3v) is 3.18. The summed E-state index contributed by atoms with van der Waals surface area (Å²) in [5.74, 6) is -1.19. The van der Waals surface area contributed by atoms with Crippen LogP contribution in [0.25, 0.3) is 10.9 Å². The number of carboxylic acids is 1. The first-order valence-corrected chi connectivity index (χ1v) is 5.56. The Hall–Kier alpha value is -1.81. The molecule has 1 aromatic heterocycles. The maximum absolute atomic E-state index is 10.9. The highest BCUT2D eigenvalue weighted by molar-refractivity contribution is 5.85. The Morgan fingerprint density at radius 2 is 2.18 bits per heavy atom. The van der Waals surface area contributed by atoms with Crippen LogP contribution in [-0.2, 0) is 4.79 Å². The van der Waals surface area contributed by atoms with E-state index >= 15 is 0 Å². The molecule has 4 heteroatoms. The molecule has 1 aromatic carbocycles. The van der Waals surface area contributed by atoms with Crippen molar-refractivity contribution in [3.05, 3.63) is 35.5 Å². The average molecular weight is 232 g/mol. The van der Waals surface area contributed by atoms with Crippen molar-refractivity contribution in [2.24, 2.45) is 5.73 Å². The van der Waals surface area contributed by atoms with Crippen molar-refractivity contribution in [2.75, 3.05) is 0 Å². The number of aromatic amines is 1. The number of aliphatic carboxylic acids is 1. The largest absolute Gasteiger partial charge is 0.480 e. The number of nitrogens with one attached hydrogen (secondary N) is 1. The number of hydrogen-bond donors (Lipinski definition) is 3. The third-order valence-electron chi connectivity index (χ3n) is 3.18. The van der Waals surface area contributed by atoms with Gasteiger partial charge in [0.15, 0.2) is 0 Å². The number of hydrogen-bond acceptors (Lipinski definition) is 2. The van der Waals surface area contributed by atoms with Gasteiger partial charge in [0.25, 0.3) is 0 Å². The highest BCUT2D eigenvalue weighted by Gasteiger charge is 2.23. The number of carbonyl (C=O) groups is 1. The fourth-order valence-corrected chi connectivity index (χ4v) is 2.05. The summed E-state index contributed by atoms with van der Waals surface area (Å²) >= 11 is 0. The molecule has 0 fully saturated rings. The second kappa shape index (κ2) is 4.22. The molecular weight excluding hydrogens is 216 g/mol. The van der Waals surface area contributed by atoms with Gasteiger partial charge < -0.3 is 15.8 Å². The molecule has 0 amide bonds. The van der Waals surface area contributed by atoms with Crippen LogP contribution in [0, 0.1) is 6.92 Å². The van der Waals surface area contributed by atoms with Gasteiger partial charge >= 0.3 is 5.97 Å². The van der Waals surface area contributed by atoms with Crippen LogP contribution in [0.4, 0.5) is 0 Å². The molecule has 0 aliphatic heterocycles. The van der Waals surface area contributed by atoms with Crippen molar-refractivity contribution < 1.29 is 9.90 Å². The highest BCUT2D eigenvalue weighted by atomic mass is 16.4. The Morgan fingerprint density at radius 3 is 2.82 bits per heavy atom. The monoisotopic (exact) mass is 232 g/mol. The predicted molar refractivity (Wildman–Crippen MR) is 67.1 cm³/mol. The van der Waals surface area contributed by atoms with E-state index < -0.39 is 12.0 Å². The first-order valence-electron chi connectivity index (χ1n) is 5.56. The molecule has 2 rings (SSSR count). The lowest BCUT2D eigenvalue weighted by Gasteiger charge is -2.15. The normalized spacial score (nSPS) is 14.8. The van der Waals surface area contributed by atoms with Crippen LogP contribution >= 0.6 is 0 Å². The van der Waals surface area contributed by atoms with Crippen molar-refractivity contribution in [2.45, 2.75) is 25.8 Å².